The van der Waals surface area contributed by atoms with Gasteiger partial charge in [-0.2, -0.15) is 10.2 Å². The topological polar surface area (TPSA) is 49.8 Å². The average molecular weight is 399 g/mol. The van der Waals surface area contributed by atoms with Crippen LogP contribution in [0.25, 0.3) is 22.4 Å². The van der Waals surface area contributed by atoms with Crippen LogP contribution >= 0.6 is 0 Å². The van der Waals surface area contributed by atoms with Crippen LogP contribution in [0.15, 0.2) is 76.4 Å². The van der Waals surface area contributed by atoms with Gasteiger partial charge in [0.2, 0.25) is 0 Å². The molecule has 2 aromatic heterocycles. The molecule has 1 aliphatic heterocycles. The molecule has 1 aliphatic rings. The molecule has 1 fully saturated rings. The smallest absolute Gasteiger partial charge is 0.156 e. The fraction of sp³-hybridized carbons (Fsp3) is 0.250. The van der Waals surface area contributed by atoms with Gasteiger partial charge in [0.05, 0.1) is 12.8 Å². The Labute approximate surface area is 176 Å². The highest BCUT2D eigenvalue weighted by molar-refractivity contribution is 5.90. The number of nitrogens with zero attached hydrogens (tertiary/aromatic N) is 5. The predicted octanol–water partition coefficient (Wildman–Crippen LogP) is 3.93. The van der Waals surface area contributed by atoms with Gasteiger partial charge in [0.15, 0.2) is 5.76 Å². The third-order valence-corrected chi connectivity index (χ3v) is 5.48. The standard InChI is InChI=1S/C24H25N5O/c1-27-11-13-28(14-12-27)25-16-21-18-29(17-19-7-3-2-4-8-19)26-24(21)23-15-20-9-5-6-10-22(20)30-23/h2-10,15-16,18H,11-14,17H2,1H3/b25-16-. The first kappa shape index (κ1) is 18.6. The molecule has 3 heterocycles. The van der Waals surface area contributed by atoms with E-state index in [1.165, 1.54) is 5.56 Å². The molecule has 1 saturated heterocycles. The van der Waals surface area contributed by atoms with Crippen molar-refractivity contribution >= 4 is 17.2 Å². The minimum Gasteiger partial charge on any atom is -0.454 e. The Kier molecular flexibility index (Phi) is 5.07. The highest BCUT2D eigenvalue weighted by Gasteiger charge is 2.16. The van der Waals surface area contributed by atoms with Crippen molar-refractivity contribution in [3.05, 3.63) is 78.0 Å². The molecular weight excluding hydrogens is 374 g/mol. The molecule has 152 valence electrons. The van der Waals surface area contributed by atoms with Gasteiger partial charge in [-0.15, -0.1) is 0 Å². The molecule has 0 amide bonds. The van der Waals surface area contributed by atoms with Crippen molar-refractivity contribution in [2.75, 3.05) is 33.2 Å². The summed E-state index contributed by atoms with van der Waals surface area (Å²) < 4.78 is 8.07. The summed E-state index contributed by atoms with van der Waals surface area (Å²) in [6.07, 6.45) is 3.97. The van der Waals surface area contributed by atoms with Gasteiger partial charge in [-0.25, -0.2) is 0 Å². The van der Waals surface area contributed by atoms with E-state index in [0.717, 1.165) is 54.2 Å². The van der Waals surface area contributed by atoms with Crippen LogP contribution in [0.5, 0.6) is 0 Å². The van der Waals surface area contributed by atoms with Crippen LogP contribution in [0.3, 0.4) is 0 Å². The molecule has 30 heavy (non-hydrogen) atoms. The van der Waals surface area contributed by atoms with Gasteiger partial charge in [-0.3, -0.25) is 9.69 Å². The molecule has 4 aromatic rings. The van der Waals surface area contributed by atoms with E-state index >= 15 is 0 Å². The summed E-state index contributed by atoms with van der Waals surface area (Å²) in [7, 11) is 2.15. The Balaban J connectivity index is 1.48. The highest BCUT2D eigenvalue weighted by atomic mass is 16.3. The third kappa shape index (κ3) is 4.00. The van der Waals surface area contributed by atoms with Crippen LogP contribution in [0.2, 0.25) is 0 Å². The molecule has 0 saturated carbocycles. The first-order valence-corrected chi connectivity index (χ1v) is 10.3. The van der Waals surface area contributed by atoms with Crippen LogP contribution < -0.4 is 0 Å². The molecular formula is C24H25N5O. The number of para-hydroxylation sites is 1. The summed E-state index contributed by atoms with van der Waals surface area (Å²) >= 11 is 0. The Morgan fingerprint density at radius 2 is 1.77 bits per heavy atom. The normalized spacial score (nSPS) is 15.4. The first-order valence-electron chi connectivity index (χ1n) is 10.3. The zero-order valence-corrected chi connectivity index (χ0v) is 17.1. The molecule has 0 spiro atoms. The minimum atomic E-state index is 0.705. The van der Waals surface area contributed by atoms with Crippen LogP contribution in [-0.2, 0) is 6.54 Å². The monoisotopic (exact) mass is 399 g/mol. The van der Waals surface area contributed by atoms with Crippen molar-refractivity contribution in [3.63, 3.8) is 0 Å². The van der Waals surface area contributed by atoms with Gasteiger partial charge in [-0.05, 0) is 24.7 Å². The van der Waals surface area contributed by atoms with Crippen LogP contribution in [0.1, 0.15) is 11.1 Å². The van der Waals surface area contributed by atoms with E-state index in [9.17, 15) is 0 Å². The average Bonchev–Trinajstić information content (AvgIpc) is 3.38. The van der Waals surface area contributed by atoms with E-state index < -0.39 is 0 Å². The summed E-state index contributed by atoms with van der Waals surface area (Å²) in [6, 6.07) is 20.5. The number of benzene rings is 2. The van der Waals surface area contributed by atoms with E-state index in [4.69, 9.17) is 14.6 Å². The molecule has 5 rings (SSSR count). The number of fused-ring (bicyclic) bond motifs is 1. The minimum absolute atomic E-state index is 0.705. The van der Waals surface area contributed by atoms with Gasteiger partial charge in [0.25, 0.3) is 0 Å². The van der Waals surface area contributed by atoms with Gasteiger partial charge in [-0.1, -0.05) is 48.5 Å². The third-order valence-electron chi connectivity index (χ3n) is 5.48. The number of hydrogen-bond acceptors (Lipinski definition) is 5. The maximum absolute atomic E-state index is 6.11. The molecule has 0 aliphatic carbocycles. The fourth-order valence-electron chi connectivity index (χ4n) is 3.73. The largest absolute Gasteiger partial charge is 0.454 e. The molecule has 6 heteroatoms. The first-order chi connectivity index (χ1) is 14.7. The highest BCUT2D eigenvalue weighted by Crippen LogP contribution is 2.28. The second kappa shape index (κ2) is 8.16. The summed E-state index contributed by atoms with van der Waals surface area (Å²) in [4.78, 5) is 2.32. The van der Waals surface area contributed by atoms with E-state index in [-0.39, 0.29) is 0 Å². The van der Waals surface area contributed by atoms with Crippen molar-refractivity contribution in [1.82, 2.24) is 19.7 Å². The van der Waals surface area contributed by atoms with Crippen molar-refractivity contribution < 1.29 is 4.42 Å². The van der Waals surface area contributed by atoms with Crippen molar-refractivity contribution in [1.29, 1.82) is 0 Å². The summed E-state index contributed by atoms with van der Waals surface area (Å²) in [5.74, 6) is 0.767. The van der Waals surface area contributed by atoms with Crippen LogP contribution in [-0.4, -0.2) is 59.1 Å². The molecule has 0 atom stereocenters. The second-order valence-electron chi connectivity index (χ2n) is 7.77. The van der Waals surface area contributed by atoms with E-state index in [1.807, 2.05) is 35.2 Å². The SMILES string of the molecule is CN1CCN(/N=C\c2cn(Cc3ccccc3)nc2-c2cc3ccccc3o2)CC1. The number of likely N-dealkylation sites (N-methyl/N-ethyl adjacent to an activating group) is 1. The van der Waals surface area contributed by atoms with E-state index in [1.54, 1.807) is 0 Å². The molecule has 0 radical (unpaired) electrons. The van der Waals surface area contributed by atoms with Crippen molar-refractivity contribution in [3.8, 4) is 11.5 Å². The number of hydrogen-bond donors (Lipinski definition) is 0. The zero-order valence-electron chi connectivity index (χ0n) is 17.1. The van der Waals surface area contributed by atoms with Gasteiger partial charge < -0.3 is 9.32 Å². The molecule has 2 aromatic carbocycles. The van der Waals surface area contributed by atoms with Crippen LogP contribution in [0, 0.1) is 0 Å². The fourth-order valence-corrected chi connectivity index (χ4v) is 3.73. The zero-order chi connectivity index (χ0) is 20.3. The second-order valence-corrected chi connectivity index (χ2v) is 7.77. The molecule has 0 unspecified atom stereocenters. The number of furan rings is 1. The number of rotatable bonds is 5. The summed E-state index contributed by atoms with van der Waals surface area (Å²) in [5.41, 5.74) is 3.86. The Bertz CT molecular complexity index is 1120. The summed E-state index contributed by atoms with van der Waals surface area (Å²) in [5, 5.41) is 12.8. The maximum Gasteiger partial charge on any atom is 0.156 e. The number of piperazine rings is 1. The number of aromatic nitrogens is 2. The Morgan fingerprint density at radius 1 is 1.00 bits per heavy atom. The van der Waals surface area contributed by atoms with E-state index in [2.05, 4.69) is 59.6 Å². The molecule has 6 nitrogen and oxygen atoms in total. The lowest BCUT2D eigenvalue weighted by molar-refractivity contribution is 0.159. The lowest BCUT2D eigenvalue weighted by Gasteiger charge is -2.30. The van der Waals surface area contributed by atoms with Crippen molar-refractivity contribution in [2.45, 2.75) is 6.54 Å². The molecule has 0 bridgehead atoms. The Hall–Kier alpha value is -3.38. The lowest BCUT2D eigenvalue weighted by atomic mass is 10.2. The Morgan fingerprint density at radius 3 is 2.57 bits per heavy atom. The quantitative estimate of drug-likeness (QED) is 0.477. The maximum atomic E-state index is 6.11. The van der Waals surface area contributed by atoms with Crippen LogP contribution in [0.4, 0.5) is 0 Å². The van der Waals surface area contributed by atoms with E-state index in [0.29, 0.717) is 6.54 Å². The number of hydrazone groups is 1. The van der Waals surface area contributed by atoms with Gasteiger partial charge in [0, 0.05) is 43.3 Å². The lowest BCUT2D eigenvalue weighted by Crippen LogP contribution is -2.41. The van der Waals surface area contributed by atoms with Gasteiger partial charge in [0.1, 0.15) is 11.3 Å². The van der Waals surface area contributed by atoms with Crippen molar-refractivity contribution in [2.24, 2.45) is 5.10 Å². The molecule has 0 N–H and O–H groups in total. The predicted molar refractivity (Wildman–Crippen MR) is 120 cm³/mol. The summed E-state index contributed by atoms with van der Waals surface area (Å²) in [6.45, 7) is 4.63. The van der Waals surface area contributed by atoms with Gasteiger partial charge >= 0.3 is 0 Å².